The summed E-state index contributed by atoms with van der Waals surface area (Å²) in [6.45, 7) is 7.70. The summed E-state index contributed by atoms with van der Waals surface area (Å²) >= 11 is 13.5. The number of ether oxygens (including phenoxy) is 5. The van der Waals surface area contributed by atoms with Crippen LogP contribution in [0, 0.1) is 0 Å². The predicted molar refractivity (Wildman–Crippen MR) is 183 cm³/mol. The van der Waals surface area contributed by atoms with E-state index in [1.165, 1.54) is 15.9 Å². The van der Waals surface area contributed by atoms with Crippen LogP contribution in [0.3, 0.4) is 0 Å². The number of benzene rings is 3. The van der Waals surface area contributed by atoms with E-state index in [2.05, 4.69) is 4.99 Å². The number of esters is 1. The van der Waals surface area contributed by atoms with Gasteiger partial charge in [-0.15, -0.1) is 0 Å². The van der Waals surface area contributed by atoms with Crippen molar-refractivity contribution in [3.05, 3.63) is 112 Å². The zero-order valence-corrected chi connectivity index (χ0v) is 29.1. The number of thiazole rings is 1. The van der Waals surface area contributed by atoms with Crippen LogP contribution in [0.15, 0.2) is 75.7 Å². The minimum Gasteiger partial charge on any atom is -0.493 e. The molecule has 0 fully saturated rings. The van der Waals surface area contributed by atoms with Gasteiger partial charge in [0.05, 0.1) is 48.8 Å². The Labute approximate surface area is 286 Å². The Morgan fingerprint density at radius 2 is 1.72 bits per heavy atom. The Balaban J connectivity index is 1.56. The normalized spacial score (nSPS) is 14.5. The van der Waals surface area contributed by atoms with Crippen molar-refractivity contribution in [2.45, 2.75) is 46.4 Å². The molecule has 0 bridgehead atoms. The monoisotopic (exact) mass is 696 g/mol. The van der Waals surface area contributed by atoms with Crippen molar-refractivity contribution in [3.8, 4) is 23.0 Å². The van der Waals surface area contributed by atoms with Gasteiger partial charge in [0, 0.05) is 15.6 Å². The summed E-state index contributed by atoms with van der Waals surface area (Å²) in [5, 5.41) is 1.04. The molecule has 5 rings (SSSR count). The third-order valence-corrected chi connectivity index (χ3v) is 8.84. The van der Waals surface area contributed by atoms with E-state index in [-0.39, 0.29) is 30.5 Å². The van der Waals surface area contributed by atoms with Crippen LogP contribution in [-0.2, 0) is 16.1 Å². The molecule has 0 unspecified atom stereocenters. The summed E-state index contributed by atoms with van der Waals surface area (Å²) in [5.41, 5.74) is 2.55. The lowest BCUT2D eigenvalue weighted by atomic mass is 9.95. The van der Waals surface area contributed by atoms with Crippen LogP contribution in [0.5, 0.6) is 23.0 Å². The smallest absolute Gasteiger partial charge is 0.338 e. The topological polar surface area (TPSA) is 97.6 Å². The van der Waals surface area contributed by atoms with Gasteiger partial charge < -0.3 is 23.7 Å². The van der Waals surface area contributed by atoms with E-state index in [4.69, 9.17) is 46.9 Å². The van der Waals surface area contributed by atoms with Crippen LogP contribution in [0.4, 0.5) is 0 Å². The maximum atomic E-state index is 14.1. The number of allylic oxidation sites excluding steroid dienone is 1. The van der Waals surface area contributed by atoms with Gasteiger partial charge in [-0.25, -0.2) is 9.79 Å². The maximum absolute atomic E-state index is 14.1. The molecule has 1 aromatic heterocycles. The molecule has 1 atom stereocenters. The zero-order chi connectivity index (χ0) is 33.8. The summed E-state index contributed by atoms with van der Waals surface area (Å²) < 4.78 is 30.5. The average Bonchev–Trinajstić information content (AvgIpc) is 3.33. The van der Waals surface area contributed by atoms with Crippen molar-refractivity contribution in [2.24, 2.45) is 4.99 Å². The molecule has 0 N–H and O–H groups in total. The van der Waals surface area contributed by atoms with Gasteiger partial charge in [0.15, 0.2) is 27.8 Å². The Kier molecular flexibility index (Phi) is 10.6. The molecule has 3 aromatic carbocycles. The molecule has 1 aliphatic rings. The molecule has 2 heterocycles. The summed E-state index contributed by atoms with van der Waals surface area (Å²) in [6, 6.07) is 15.1. The van der Waals surface area contributed by atoms with Gasteiger partial charge in [0.1, 0.15) is 6.61 Å². The van der Waals surface area contributed by atoms with E-state index < -0.39 is 12.0 Å². The number of rotatable bonds is 11. The minimum atomic E-state index is -0.806. The van der Waals surface area contributed by atoms with Gasteiger partial charge in [0.2, 0.25) is 0 Å². The minimum absolute atomic E-state index is 0.0779. The van der Waals surface area contributed by atoms with Crippen LogP contribution in [-0.4, -0.2) is 37.5 Å². The number of aromatic nitrogens is 1. The van der Waals surface area contributed by atoms with Crippen molar-refractivity contribution >= 4 is 46.6 Å². The second-order valence-corrected chi connectivity index (χ2v) is 12.7. The third kappa shape index (κ3) is 7.35. The van der Waals surface area contributed by atoms with Crippen molar-refractivity contribution in [2.75, 3.05) is 20.8 Å². The van der Waals surface area contributed by atoms with Gasteiger partial charge in [-0.05, 0) is 81.3 Å². The fourth-order valence-electron chi connectivity index (χ4n) is 5.15. The highest BCUT2D eigenvalue weighted by Gasteiger charge is 2.34. The number of carbonyl (C=O) groups is 1. The SMILES string of the molecule is CCOC(=O)C1=C(C)N=c2s/c(=C\c3ccc(OCc4ccc(Cl)cc4Cl)c(OC)c3)c(=O)n2[C@@H]1c1ccc(OC(C)C)c(OC)c1. The van der Waals surface area contributed by atoms with Crippen molar-refractivity contribution in [1.82, 2.24) is 4.57 Å². The van der Waals surface area contributed by atoms with E-state index in [9.17, 15) is 9.59 Å². The third-order valence-electron chi connectivity index (χ3n) is 7.27. The molecule has 0 aliphatic carbocycles. The molecule has 9 nitrogen and oxygen atoms in total. The van der Waals surface area contributed by atoms with Gasteiger partial charge >= 0.3 is 5.97 Å². The number of nitrogens with zero attached hydrogens (tertiary/aromatic N) is 2. The largest absolute Gasteiger partial charge is 0.493 e. The number of hydrogen-bond donors (Lipinski definition) is 0. The Morgan fingerprint density at radius 1 is 1.00 bits per heavy atom. The van der Waals surface area contributed by atoms with Crippen molar-refractivity contribution in [3.63, 3.8) is 0 Å². The Hall–Kier alpha value is -4.25. The Morgan fingerprint density at radius 3 is 2.40 bits per heavy atom. The number of halogens is 2. The highest BCUT2D eigenvalue weighted by atomic mass is 35.5. The van der Waals surface area contributed by atoms with Gasteiger partial charge in [-0.2, -0.15) is 0 Å². The van der Waals surface area contributed by atoms with Crippen LogP contribution in [0.1, 0.15) is 50.4 Å². The lowest BCUT2D eigenvalue weighted by Gasteiger charge is -2.25. The summed E-state index contributed by atoms with van der Waals surface area (Å²) in [4.78, 5) is 32.5. The van der Waals surface area contributed by atoms with Crippen molar-refractivity contribution < 1.29 is 28.5 Å². The first-order chi connectivity index (χ1) is 22.5. The first-order valence-corrected chi connectivity index (χ1v) is 16.4. The summed E-state index contributed by atoms with van der Waals surface area (Å²) in [7, 11) is 3.09. The number of fused-ring (bicyclic) bond motifs is 1. The quantitative estimate of drug-likeness (QED) is 0.165. The van der Waals surface area contributed by atoms with Gasteiger partial charge in [0.25, 0.3) is 5.56 Å². The number of hydrogen-bond acceptors (Lipinski definition) is 9. The molecule has 0 spiro atoms. The lowest BCUT2D eigenvalue weighted by molar-refractivity contribution is -0.139. The highest BCUT2D eigenvalue weighted by molar-refractivity contribution is 7.07. The molecular formula is C35H34Cl2N2O7S. The molecule has 0 saturated heterocycles. The van der Waals surface area contributed by atoms with E-state index >= 15 is 0 Å². The molecule has 47 heavy (non-hydrogen) atoms. The van der Waals surface area contributed by atoms with Crippen molar-refractivity contribution in [1.29, 1.82) is 0 Å². The molecular weight excluding hydrogens is 663 g/mol. The van der Waals surface area contributed by atoms with Gasteiger partial charge in [-0.1, -0.05) is 52.7 Å². The Bertz CT molecular complexity index is 2030. The zero-order valence-electron chi connectivity index (χ0n) is 26.8. The van der Waals surface area contributed by atoms with Gasteiger partial charge in [-0.3, -0.25) is 9.36 Å². The molecule has 0 amide bonds. The number of carbonyl (C=O) groups excluding carboxylic acids is 1. The molecule has 4 aromatic rings. The number of methoxy groups -OCH3 is 2. The summed E-state index contributed by atoms with van der Waals surface area (Å²) in [5.74, 6) is 1.46. The van der Waals surface area contributed by atoms with E-state index in [1.807, 2.05) is 26.0 Å². The first kappa shape index (κ1) is 34.1. The van der Waals surface area contributed by atoms with E-state index in [1.54, 1.807) is 76.6 Å². The molecule has 12 heteroatoms. The fraction of sp³-hybridized carbons (Fsp3) is 0.286. The van der Waals surface area contributed by atoms with E-state index in [0.717, 1.165) is 5.56 Å². The summed E-state index contributed by atoms with van der Waals surface area (Å²) in [6.07, 6.45) is 1.68. The average molecular weight is 698 g/mol. The second kappa shape index (κ2) is 14.7. The highest BCUT2D eigenvalue weighted by Crippen LogP contribution is 2.37. The standard InChI is InChI=1S/C35H34Cl2N2O7S/c1-7-44-34(41)31-20(4)38-35-39(32(31)22-10-13-27(46-19(2)3)29(16-22)43-6)33(40)30(47-35)15-21-8-12-26(28(14-21)42-5)45-18-23-9-11-24(36)17-25(23)37/h8-17,19,32H,7,18H2,1-6H3/b30-15-/t32-/m1/s1. The van der Waals surface area contributed by atoms with Crippen LogP contribution >= 0.6 is 34.5 Å². The molecule has 0 saturated carbocycles. The first-order valence-electron chi connectivity index (χ1n) is 14.8. The van der Waals surface area contributed by atoms with E-state index in [0.29, 0.717) is 59.2 Å². The molecule has 246 valence electrons. The molecule has 0 radical (unpaired) electrons. The van der Waals surface area contributed by atoms with Crippen LogP contribution in [0.2, 0.25) is 10.0 Å². The molecule has 1 aliphatic heterocycles. The predicted octanol–water partition coefficient (Wildman–Crippen LogP) is 6.49. The maximum Gasteiger partial charge on any atom is 0.338 e. The second-order valence-electron chi connectivity index (χ2n) is 10.8. The fourth-order valence-corrected chi connectivity index (χ4v) is 6.66. The van der Waals surface area contributed by atoms with Crippen LogP contribution in [0.25, 0.3) is 6.08 Å². The van der Waals surface area contributed by atoms with Crippen LogP contribution < -0.4 is 33.8 Å². The lowest BCUT2D eigenvalue weighted by Crippen LogP contribution is -2.40.